The molecule has 14 heavy (non-hydrogen) atoms. The highest BCUT2D eigenvalue weighted by Crippen LogP contribution is 2.05. The quantitative estimate of drug-likeness (QED) is 0.508. The molecule has 0 saturated carbocycles. The molecule has 0 N–H and O–H groups in total. The molecule has 0 saturated heterocycles. The highest BCUT2D eigenvalue weighted by molar-refractivity contribution is 5.74. The van der Waals surface area contributed by atoms with Crippen LogP contribution in [0.2, 0.25) is 0 Å². The molecule has 0 aliphatic rings. The second-order valence-electron chi connectivity index (χ2n) is 2.93. The molecule has 74 valence electrons. The number of carbonyl (C=O) groups excluding carboxylic acids is 2. The molecule has 0 atom stereocenters. The molecule has 0 unspecified atom stereocenters. The zero-order chi connectivity index (χ0) is 10.2. The van der Waals surface area contributed by atoms with Gasteiger partial charge in [0.2, 0.25) is 0 Å². The maximum absolute atomic E-state index is 10.4. The summed E-state index contributed by atoms with van der Waals surface area (Å²) in [5.41, 5.74) is 1.82. The monoisotopic (exact) mass is 192 g/mol. The Morgan fingerprint density at radius 2 is 1.86 bits per heavy atom. The van der Waals surface area contributed by atoms with Crippen LogP contribution in [0, 0.1) is 0 Å². The van der Waals surface area contributed by atoms with E-state index in [2.05, 4.69) is 4.74 Å². The number of aldehydes is 1. The van der Waals surface area contributed by atoms with Crippen molar-refractivity contribution in [3.05, 3.63) is 35.4 Å². The molecule has 0 spiro atoms. The second kappa shape index (κ2) is 5.91. The van der Waals surface area contributed by atoms with Crippen LogP contribution in [0.25, 0.3) is 0 Å². The lowest BCUT2D eigenvalue weighted by Gasteiger charge is -2.00. The molecule has 0 bridgehead atoms. The normalized spacial score (nSPS) is 9.43. The van der Waals surface area contributed by atoms with E-state index >= 15 is 0 Å². The first kappa shape index (κ1) is 10.4. The van der Waals surface area contributed by atoms with Crippen molar-refractivity contribution >= 4 is 12.8 Å². The molecular formula is C11H12O3. The van der Waals surface area contributed by atoms with Crippen LogP contribution >= 0.6 is 0 Å². The minimum absolute atomic E-state index is 0.443. The summed E-state index contributed by atoms with van der Waals surface area (Å²) in [7, 11) is 0. The first-order valence-corrected chi connectivity index (χ1v) is 4.46. The number of ether oxygens (including phenoxy) is 1. The minimum atomic E-state index is 0.443. The molecular weight excluding hydrogens is 180 g/mol. The van der Waals surface area contributed by atoms with Gasteiger partial charge in [0, 0.05) is 5.56 Å². The van der Waals surface area contributed by atoms with Gasteiger partial charge in [0.15, 0.2) is 0 Å². The van der Waals surface area contributed by atoms with Gasteiger partial charge in [0.25, 0.3) is 6.47 Å². The van der Waals surface area contributed by atoms with Crippen molar-refractivity contribution in [1.29, 1.82) is 0 Å². The maximum Gasteiger partial charge on any atom is 0.293 e. The van der Waals surface area contributed by atoms with E-state index in [-0.39, 0.29) is 0 Å². The second-order valence-corrected chi connectivity index (χ2v) is 2.93. The highest BCUT2D eigenvalue weighted by Gasteiger charge is 1.94. The summed E-state index contributed by atoms with van der Waals surface area (Å²) in [5.74, 6) is 0. The van der Waals surface area contributed by atoms with Crippen molar-refractivity contribution in [2.24, 2.45) is 0 Å². The van der Waals surface area contributed by atoms with Gasteiger partial charge < -0.3 is 4.74 Å². The predicted octanol–water partition coefficient (Wildman–Crippen LogP) is 1.60. The van der Waals surface area contributed by atoms with Crippen LogP contribution in [0.15, 0.2) is 24.3 Å². The van der Waals surface area contributed by atoms with E-state index < -0.39 is 0 Å². The average molecular weight is 192 g/mol. The molecule has 1 aromatic carbocycles. The topological polar surface area (TPSA) is 43.4 Å². The molecule has 0 radical (unpaired) electrons. The van der Waals surface area contributed by atoms with E-state index in [1.165, 1.54) is 0 Å². The summed E-state index contributed by atoms with van der Waals surface area (Å²) >= 11 is 0. The fourth-order valence-electron chi connectivity index (χ4n) is 1.17. The van der Waals surface area contributed by atoms with Gasteiger partial charge in [-0.25, -0.2) is 0 Å². The zero-order valence-corrected chi connectivity index (χ0v) is 7.81. The van der Waals surface area contributed by atoms with Crippen molar-refractivity contribution in [1.82, 2.24) is 0 Å². The Morgan fingerprint density at radius 1 is 1.14 bits per heavy atom. The van der Waals surface area contributed by atoms with Gasteiger partial charge in [-0.15, -0.1) is 0 Å². The Labute approximate surface area is 82.7 Å². The van der Waals surface area contributed by atoms with Crippen LogP contribution in [-0.2, 0) is 16.0 Å². The first-order chi connectivity index (χ1) is 6.86. The van der Waals surface area contributed by atoms with Crippen molar-refractivity contribution in [3.8, 4) is 0 Å². The number of hydrogen-bond donors (Lipinski definition) is 0. The molecule has 3 heteroatoms. The molecule has 0 fully saturated rings. The molecule has 0 aliphatic carbocycles. The molecule has 3 nitrogen and oxygen atoms in total. The fraction of sp³-hybridized carbons (Fsp3) is 0.273. The number of carbonyl (C=O) groups is 2. The molecule has 0 amide bonds. The predicted molar refractivity (Wildman–Crippen MR) is 52.2 cm³/mol. The van der Waals surface area contributed by atoms with Gasteiger partial charge >= 0.3 is 0 Å². The molecule has 1 rings (SSSR count). The van der Waals surface area contributed by atoms with E-state index in [1.807, 2.05) is 12.1 Å². The summed E-state index contributed by atoms with van der Waals surface area (Å²) < 4.78 is 4.56. The van der Waals surface area contributed by atoms with E-state index in [1.54, 1.807) is 12.1 Å². The Kier molecular flexibility index (Phi) is 4.41. The third kappa shape index (κ3) is 3.39. The van der Waals surface area contributed by atoms with Gasteiger partial charge in [0.05, 0.1) is 6.61 Å². The van der Waals surface area contributed by atoms with Crippen LogP contribution in [-0.4, -0.2) is 19.4 Å². The lowest BCUT2D eigenvalue weighted by Crippen LogP contribution is -1.94. The summed E-state index contributed by atoms with van der Waals surface area (Å²) in [6.07, 6.45) is 2.48. The summed E-state index contributed by atoms with van der Waals surface area (Å²) in [5, 5.41) is 0. The summed E-state index contributed by atoms with van der Waals surface area (Å²) in [4.78, 5) is 20.2. The SMILES string of the molecule is O=COCCCc1ccc(C=O)cc1. The summed E-state index contributed by atoms with van der Waals surface area (Å²) in [6.45, 7) is 0.897. The van der Waals surface area contributed by atoms with Crippen molar-refractivity contribution < 1.29 is 14.3 Å². The van der Waals surface area contributed by atoms with E-state index in [9.17, 15) is 9.59 Å². The number of aryl methyl sites for hydroxylation is 1. The standard InChI is InChI=1S/C11H12O3/c12-8-11-5-3-10(4-6-11)2-1-7-14-9-13/h3-6,8-9H,1-2,7H2. The Hall–Kier alpha value is -1.64. The van der Waals surface area contributed by atoms with Gasteiger partial charge in [-0.2, -0.15) is 0 Å². The van der Waals surface area contributed by atoms with Crippen LogP contribution < -0.4 is 0 Å². The lowest BCUT2D eigenvalue weighted by molar-refractivity contribution is -0.128. The third-order valence-corrected chi connectivity index (χ3v) is 1.91. The van der Waals surface area contributed by atoms with Gasteiger partial charge in [-0.05, 0) is 18.4 Å². The van der Waals surface area contributed by atoms with Crippen LogP contribution in [0.3, 0.4) is 0 Å². The number of rotatable bonds is 6. The van der Waals surface area contributed by atoms with Gasteiger partial charge in [0.1, 0.15) is 6.29 Å². The Morgan fingerprint density at radius 3 is 2.43 bits per heavy atom. The van der Waals surface area contributed by atoms with E-state index in [0.29, 0.717) is 18.6 Å². The fourth-order valence-corrected chi connectivity index (χ4v) is 1.17. The van der Waals surface area contributed by atoms with E-state index in [4.69, 9.17) is 0 Å². The largest absolute Gasteiger partial charge is 0.468 e. The van der Waals surface area contributed by atoms with Crippen molar-refractivity contribution in [2.45, 2.75) is 12.8 Å². The molecule has 0 aliphatic heterocycles. The maximum atomic E-state index is 10.4. The van der Waals surface area contributed by atoms with Crippen LogP contribution in [0.1, 0.15) is 22.3 Å². The van der Waals surface area contributed by atoms with Crippen LogP contribution in [0.5, 0.6) is 0 Å². The summed E-state index contributed by atoms with van der Waals surface area (Å²) in [6, 6.07) is 7.38. The third-order valence-electron chi connectivity index (χ3n) is 1.91. The smallest absolute Gasteiger partial charge is 0.293 e. The van der Waals surface area contributed by atoms with Crippen molar-refractivity contribution in [2.75, 3.05) is 6.61 Å². The lowest BCUT2D eigenvalue weighted by atomic mass is 10.1. The molecule has 0 aromatic heterocycles. The Bertz CT molecular complexity index is 290. The first-order valence-electron chi connectivity index (χ1n) is 4.46. The van der Waals surface area contributed by atoms with Crippen molar-refractivity contribution in [3.63, 3.8) is 0 Å². The van der Waals surface area contributed by atoms with E-state index in [0.717, 1.165) is 24.7 Å². The molecule has 1 aromatic rings. The highest BCUT2D eigenvalue weighted by atomic mass is 16.5. The van der Waals surface area contributed by atoms with Crippen LogP contribution in [0.4, 0.5) is 0 Å². The average Bonchev–Trinajstić information content (AvgIpc) is 2.25. The van der Waals surface area contributed by atoms with Gasteiger partial charge in [-0.3, -0.25) is 9.59 Å². The molecule has 0 heterocycles. The minimum Gasteiger partial charge on any atom is -0.468 e. The zero-order valence-electron chi connectivity index (χ0n) is 7.81. The number of benzene rings is 1. The van der Waals surface area contributed by atoms with Gasteiger partial charge in [-0.1, -0.05) is 24.3 Å². The number of hydrogen-bond acceptors (Lipinski definition) is 3. The Balaban J connectivity index is 2.36.